The van der Waals surface area contributed by atoms with Crippen LogP contribution in [-0.2, 0) is 13.0 Å². The van der Waals surface area contributed by atoms with Gasteiger partial charge in [-0.3, -0.25) is 0 Å². The normalized spacial score (nSPS) is 10.1. The predicted molar refractivity (Wildman–Crippen MR) is 75.0 cm³/mol. The van der Waals surface area contributed by atoms with Crippen molar-refractivity contribution >= 4 is 28.6 Å². The SMILES string of the molecule is CCc1ncc(CNc2cc(C#N)ccc2Cl)s1. The van der Waals surface area contributed by atoms with E-state index in [4.69, 9.17) is 16.9 Å². The third-order valence-corrected chi connectivity index (χ3v) is 3.92. The van der Waals surface area contributed by atoms with Crippen LogP contribution in [0.15, 0.2) is 24.4 Å². The van der Waals surface area contributed by atoms with Crippen LogP contribution in [0.25, 0.3) is 0 Å². The molecule has 1 N–H and O–H groups in total. The lowest BCUT2D eigenvalue weighted by molar-refractivity contribution is 1.09. The van der Waals surface area contributed by atoms with Gasteiger partial charge in [-0.2, -0.15) is 5.26 Å². The van der Waals surface area contributed by atoms with Crippen molar-refractivity contribution in [3.05, 3.63) is 44.9 Å². The molecule has 0 saturated heterocycles. The number of nitrogens with zero attached hydrogens (tertiary/aromatic N) is 2. The zero-order valence-electron chi connectivity index (χ0n) is 9.90. The topological polar surface area (TPSA) is 48.7 Å². The van der Waals surface area contributed by atoms with Crippen molar-refractivity contribution in [2.24, 2.45) is 0 Å². The summed E-state index contributed by atoms with van der Waals surface area (Å²) in [5.41, 5.74) is 1.38. The number of hydrogen-bond donors (Lipinski definition) is 1. The molecule has 0 unspecified atom stereocenters. The smallest absolute Gasteiger partial charge is 0.0992 e. The first-order chi connectivity index (χ1) is 8.72. The standard InChI is InChI=1S/C13H12ClN3S/c1-2-13-17-8-10(18-13)7-16-12-5-9(6-15)3-4-11(12)14/h3-5,8,16H,2,7H2,1H3. The van der Waals surface area contributed by atoms with E-state index in [9.17, 15) is 0 Å². The first kappa shape index (κ1) is 12.9. The average molecular weight is 278 g/mol. The molecule has 0 aliphatic rings. The maximum atomic E-state index is 8.84. The molecule has 1 aromatic heterocycles. The van der Waals surface area contributed by atoms with Crippen molar-refractivity contribution in [2.75, 3.05) is 5.32 Å². The molecular formula is C13H12ClN3S. The highest BCUT2D eigenvalue weighted by atomic mass is 35.5. The minimum Gasteiger partial charge on any atom is -0.379 e. The van der Waals surface area contributed by atoms with Crippen LogP contribution in [-0.4, -0.2) is 4.98 Å². The van der Waals surface area contributed by atoms with Crippen LogP contribution in [0.4, 0.5) is 5.69 Å². The summed E-state index contributed by atoms with van der Waals surface area (Å²) in [6.07, 6.45) is 2.83. The van der Waals surface area contributed by atoms with E-state index >= 15 is 0 Å². The lowest BCUT2D eigenvalue weighted by atomic mass is 10.2. The molecule has 0 spiro atoms. The fraction of sp³-hybridized carbons (Fsp3) is 0.231. The average Bonchev–Trinajstić information content (AvgIpc) is 2.86. The molecule has 0 fully saturated rings. The second-order valence-corrected chi connectivity index (χ2v) is 5.34. The maximum absolute atomic E-state index is 8.84. The van der Waals surface area contributed by atoms with Gasteiger partial charge < -0.3 is 5.32 Å². The fourth-order valence-electron chi connectivity index (χ4n) is 1.51. The van der Waals surface area contributed by atoms with Crippen LogP contribution in [0.1, 0.15) is 22.4 Å². The van der Waals surface area contributed by atoms with Crippen LogP contribution in [0.5, 0.6) is 0 Å². The highest BCUT2D eigenvalue weighted by molar-refractivity contribution is 7.11. The molecule has 2 rings (SSSR count). The summed E-state index contributed by atoms with van der Waals surface area (Å²) in [5.74, 6) is 0. The fourth-order valence-corrected chi connectivity index (χ4v) is 2.49. The second-order valence-electron chi connectivity index (χ2n) is 3.73. The van der Waals surface area contributed by atoms with Crippen molar-refractivity contribution in [1.82, 2.24) is 4.98 Å². The van der Waals surface area contributed by atoms with Gasteiger partial charge in [-0.15, -0.1) is 11.3 Å². The Bertz CT molecular complexity index is 586. The predicted octanol–water partition coefficient (Wildman–Crippen LogP) is 3.84. The van der Waals surface area contributed by atoms with Crippen molar-refractivity contribution in [3.63, 3.8) is 0 Å². The molecule has 2 aromatic rings. The first-order valence-electron chi connectivity index (χ1n) is 5.60. The number of nitrogens with one attached hydrogen (secondary N) is 1. The molecule has 92 valence electrons. The highest BCUT2D eigenvalue weighted by Crippen LogP contribution is 2.24. The van der Waals surface area contributed by atoms with Gasteiger partial charge >= 0.3 is 0 Å². The Labute approximate surface area is 115 Å². The third kappa shape index (κ3) is 3.00. The lowest BCUT2D eigenvalue weighted by Crippen LogP contribution is -1.98. The monoisotopic (exact) mass is 277 g/mol. The van der Waals surface area contributed by atoms with Crippen molar-refractivity contribution < 1.29 is 0 Å². The number of halogens is 1. The molecule has 0 radical (unpaired) electrons. The van der Waals surface area contributed by atoms with E-state index in [0.717, 1.165) is 22.0 Å². The van der Waals surface area contributed by atoms with Gasteiger partial charge in [0.05, 0.1) is 33.9 Å². The number of rotatable bonds is 4. The van der Waals surface area contributed by atoms with Gasteiger partial charge in [-0.05, 0) is 24.6 Å². The number of aryl methyl sites for hydroxylation is 1. The molecule has 1 aromatic carbocycles. The molecule has 0 saturated carbocycles. The van der Waals surface area contributed by atoms with E-state index < -0.39 is 0 Å². The molecule has 0 amide bonds. The molecule has 0 aliphatic carbocycles. The van der Waals surface area contributed by atoms with Crippen LogP contribution < -0.4 is 5.32 Å². The van der Waals surface area contributed by atoms with Gasteiger partial charge in [0, 0.05) is 11.1 Å². The summed E-state index contributed by atoms with van der Waals surface area (Å²) in [4.78, 5) is 5.45. The Morgan fingerprint density at radius 1 is 1.50 bits per heavy atom. The van der Waals surface area contributed by atoms with E-state index in [1.54, 1.807) is 29.5 Å². The molecule has 18 heavy (non-hydrogen) atoms. The molecule has 0 bridgehead atoms. The summed E-state index contributed by atoms with van der Waals surface area (Å²) in [6.45, 7) is 2.76. The maximum Gasteiger partial charge on any atom is 0.0992 e. The largest absolute Gasteiger partial charge is 0.379 e. The Morgan fingerprint density at radius 2 is 2.33 bits per heavy atom. The van der Waals surface area contributed by atoms with Crippen molar-refractivity contribution in [3.8, 4) is 6.07 Å². The number of benzene rings is 1. The summed E-state index contributed by atoms with van der Waals surface area (Å²) in [7, 11) is 0. The molecule has 1 heterocycles. The molecule has 0 aliphatic heterocycles. The number of aromatic nitrogens is 1. The zero-order chi connectivity index (χ0) is 13.0. The van der Waals surface area contributed by atoms with Crippen LogP contribution in [0, 0.1) is 11.3 Å². The van der Waals surface area contributed by atoms with Gasteiger partial charge in [0.1, 0.15) is 0 Å². The summed E-state index contributed by atoms with van der Waals surface area (Å²) >= 11 is 7.75. The molecular weight excluding hydrogens is 266 g/mol. The van der Waals surface area contributed by atoms with Crippen LogP contribution >= 0.6 is 22.9 Å². The molecule has 5 heteroatoms. The lowest BCUT2D eigenvalue weighted by Gasteiger charge is -2.06. The summed E-state index contributed by atoms with van der Waals surface area (Å²) in [5, 5.41) is 13.8. The van der Waals surface area contributed by atoms with E-state index in [-0.39, 0.29) is 0 Å². The van der Waals surface area contributed by atoms with E-state index in [0.29, 0.717) is 17.1 Å². The number of thiazole rings is 1. The first-order valence-corrected chi connectivity index (χ1v) is 6.79. The van der Waals surface area contributed by atoms with Crippen molar-refractivity contribution in [1.29, 1.82) is 5.26 Å². The third-order valence-electron chi connectivity index (χ3n) is 2.45. The highest BCUT2D eigenvalue weighted by Gasteiger charge is 2.04. The van der Waals surface area contributed by atoms with Gasteiger partial charge in [0.15, 0.2) is 0 Å². The zero-order valence-corrected chi connectivity index (χ0v) is 11.5. The number of anilines is 1. The summed E-state index contributed by atoms with van der Waals surface area (Å²) < 4.78 is 0. The quantitative estimate of drug-likeness (QED) is 0.924. The van der Waals surface area contributed by atoms with E-state index in [1.807, 2.05) is 6.20 Å². The Morgan fingerprint density at radius 3 is 3.00 bits per heavy atom. The minimum absolute atomic E-state index is 0.598. The van der Waals surface area contributed by atoms with Gasteiger partial charge in [-0.25, -0.2) is 4.98 Å². The van der Waals surface area contributed by atoms with Gasteiger partial charge in [0.25, 0.3) is 0 Å². The number of hydrogen-bond acceptors (Lipinski definition) is 4. The Hall–Kier alpha value is -1.57. The minimum atomic E-state index is 0.598. The molecule has 0 atom stereocenters. The van der Waals surface area contributed by atoms with Gasteiger partial charge in [-0.1, -0.05) is 18.5 Å². The van der Waals surface area contributed by atoms with Gasteiger partial charge in [0.2, 0.25) is 0 Å². The second kappa shape index (κ2) is 5.85. The Balaban J connectivity index is 2.08. The molecule has 3 nitrogen and oxygen atoms in total. The Kier molecular flexibility index (Phi) is 4.19. The number of nitriles is 1. The van der Waals surface area contributed by atoms with E-state index in [2.05, 4.69) is 23.3 Å². The van der Waals surface area contributed by atoms with Crippen LogP contribution in [0.2, 0.25) is 5.02 Å². The van der Waals surface area contributed by atoms with Crippen LogP contribution in [0.3, 0.4) is 0 Å². The van der Waals surface area contributed by atoms with E-state index in [1.165, 1.54) is 0 Å². The summed E-state index contributed by atoms with van der Waals surface area (Å²) in [6, 6.07) is 7.28. The van der Waals surface area contributed by atoms with Crippen molar-refractivity contribution in [2.45, 2.75) is 19.9 Å².